The summed E-state index contributed by atoms with van der Waals surface area (Å²) in [6, 6.07) is 5.44. The first kappa shape index (κ1) is 15.9. The predicted octanol–water partition coefficient (Wildman–Crippen LogP) is 3.44. The smallest absolute Gasteiger partial charge is 0.131 e. The van der Waals surface area contributed by atoms with Crippen molar-refractivity contribution in [3.05, 3.63) is 22.7 Å². The quantitative estimate of drug-likeness (QED) is 0.789. The van der Waals surface area contributed by atoms with E-state index in [2.05, 4.69) is 49.8 Å². The van der Waals surface area contributed by atoms with Crippen molar-refractivity contribution in [1.29, 1.82) is 4.78 Å². The fourth-order valence-electron chi connectivity index (χ4n) is 1.74. The molecule has 0 saturated carbocycles. The molecule has 1 aromatic carbocycles. The van der Waals surface area contributed by atoms with Gasteiger partial charge in [-0.3, -0.25) is 0 Å². The van der Waals surface area contributed by atoms with Gasteiger partial charge in [-0.25, -0.2) is 14.1 Å². The monoisotopic (exact) mass is 348 g/mol. The summed E-state index contributed by atoms with van der Waals surface area (Å²) in [5.41, 5.74) is 0. The van der Waals surface area contributed by atoms with Crippen molar-refractivity contribution in [3.8, 4) is 0 Å². The van der Waals surface area contributed by atoms with Gasteiger partial charge in [-0.05, 0) is 22.4 Å². The maximum Gasteiger partial charge on any atom is 0.131 e. The SMILES string of the molecule is CC(C)(C)[Si](C)(C)c1c(Br)cccc1S(=N)(N)=O. The Balaban J connectivity index is 3.70. The zero-order valence-electron chi connectivity index (χ0n) is 11.5. The molecule has 0 amide bonds. The molecule has 0 aliphatic rings. The molecule has 3 N–H and O–H groups in total. The Morgan fingerprint density at radius 3 is 2.22 bits per heavy atom. The number of hydrogen-bond donors (Lipinski definition) is 2. The molecule has 6 heteroatoms. The minimum absolute atomic E-state index is 0.0936. The molecular weight excluding hydrogens is 328 g/mol. The van der Waals surface area contributed by atoms with Gasteiger partial charge in [-0.15, -0.1) is 0 Å². The number of benzene rings is 1. The van der Waals surface area contributed by atoms with Gasteiger partial charge < -0.3 is 0 Å². The lowest BCUT2D eigenvalue weighted by molar-refractivity contribution is 0.676. The van der Waals surface area contributed by atoms with E-state index in [9.17, 15) is 4.21 Å². The normalized spacial score (nSPS) is 16.4. The zero-order chi connectivity index (χ0) is 14.4. The molecule has 0 fully saturated rings. The molecule has 1 aromatic rings. The van der Waals surface area contributed by atoms with E-state index in [0.29, 0.717) is 4.90 Å². The number of nitrogens with one attached hydrogen (secondary N) is 1. The average Bonchev–Trinajstić information content (AvgIpc) is 2.13. The van der Waals surface area contributed by atoms with Crippen LogP contribution in [0.15, 0.2) is 27.6 Å². The highest BCUT2D eigenvalue weighted by Crippen LogP contribution is 2.38. The van der Waals surface area contributed by atoms with Crippen LogP contribution in [0.3, 0.4) is 0 Å². The molecule has 3 nitrogen and oxygen atoms in total. The highest BCUT2D eigenvalue weighted by Gasteiger charge is 2.40. The molecule has 18 heavy (non-hydrogen) atoms. The van der Waals surface area contributed by atoms with Gasteiger partial charge in [0.25, 0.3) is 0 Å². The minimum Gasteiger partial charge on any atom is -0.241 e. The first-order valence-corrected chi connectivity index (χ1v) is 11.2. The lowest BCUT2D eigenvalue weighted by atomic mass is 10.2. The number of halogens is 1. The molecule has 102 valence electrons. The Kier molecular flexibility index (Phi) is 4.18. The van der Waals surface area contributed by atoms with Gasteiger partial charge in [-0.1, -0.05) is 55.9 Å². The number of rotatable bonds is 2. The fraction of sp³-hybridized carbons (Fsp3) is 0.500. The Labute approximate surface area is 119 Å². The molecule has 0 aliphatic heterocycles. The third kappa shape index (κ3) is 2.87. The van der Waals surface area contributed by atoms with Crippen molar-refractivity contribution in [3.63, 3.8) is 0 Å². The van der Waals surface area contributed by atoms with Gasteiger partial charge in [0.05, 0.1) is 13.0 Å². The summed E-state index contributed by atoms with van der Waals surface area (Å²) in [4.78, 5) is 0.475. The summed E-state index contributed by atoms with van der Waals surface area (Å²) >= 11 is 3.54. The molecule has 0 aromatic heterocycles. The van der Waals surface area contributed by atoms with Crippen LogP contribution in [0.25, 0.3) is 0 Å². The van der Waals surface area contributed by atoms with Gasteiger partial charge >= 0.3 is 0 Å². The van der Waals surface area contributed by atoms with Gasteiger partial charge in [0.15, 0.2) is 0 Å². The van der Waals surface area contributed by atoms with E-state index in [-0.39, 0.29) is 5.04 Å². The molecule has 0 radical (unpaired) electrons. The average molecular weight is 349 g/mol. The fourth-order valence-corrected chi connectivity index (χ4v) is 7.77. The van der Waals surface area contributed by atoms with Gasteiger partial charge in [0, 0.05) is 4.47 Å². The van der Waals surface area contributed by atoms with E-state index in [4.69, 9.17) is 9.92 Å². The highest BCUT2D eigenvalue weighted by atomic mass is 79.9. The van der Waals surface area contributed by atoms with Crippen LogP contribution in [0.4, 0.5) is 0 Å². The Morgan fingerprint density at radius 1 is 1.33 bits per heavy atom. The van der Waals surface area contributed by atoms with Gasteiger partial charge in [0.2, 0.25) is 0 Å². The molecule has 1 atom stereocenters. The van der Waals surface area contributed by atoms with Crippen LogP contribution in [0.1, 0.15) is 20.8 Å². The lowest BCUT2D eigenvalue weighted by Gasteiger charge is -2.39. The van der Waals surface area contributed by atoms with Crippen LogP contribution in [-0.2, 0) is 9.92 Å². The molecule has 0 aliphatic carbocycles. The van der Waals surface area contributed by atoms with Crippen molar-refractivity contribution in [2.24, 2.45) is 5.14 Å². The maximum atomic E-state index is 12.0. The summed E-state index contributed by atoms with van der Waals surface area (Å²) in [7, 11) is -5.10. The predicted molar refractivity (Wildman–Crippen MR) is 84.3 cm³/mol. The molecule has 1 rings (SSSR count). The largest absolute Gasteiger partial charge is 0.241 e. The van der Waals surface area contributed by atoms with Crippen LogP contribution >= 0.6 is 15.9 Å². The minimum atomic E-state index is -3.19. The standard InChI is InChI=1S/C12H21BrN2OSSi/c1-12(2,3)18(4,5)11-9(13)7-6-8-10(11)17(14,15)16/h6-8H,1-5H3,(H3,14,15,16). The molecule has 1 unspecified atom stereocenters. The molecule has 0 heterocycles. The van der Waals surface area contributed by atoms with Crippen LogP contribution in [-0.4, -0.2) is 12.3 Å². The second-order valence-corrected chi connectivity index (χ2v) is 13.8. The van der Waals surface area contributed by atoms with Crippen LogP contribution in [0, 0.1) is 4.78 Å². The van der Waals surface area contributed by atoms with E-state index < -0.39 is 18.0 Å². The first-order chi connectivity index (χ1) is 7.89. The Bertz CT molecular complexity index is 562. The van der Waals surface area contributed by atoms with Crippen LogP contribution < -0.4 is 10.3 Å². The van der Waals surface area contributed by atoms with E-state index in [1.165, 1.54) is 0 Å². The third-order valence-electron chi connectivity index (χ3n) is 3.80. The van der Waals surface area contributed by atoms with E-state index in [1.54, 1.807) is 12.1 Å². The van der Waals surface area contributed by atoms with Crippen LogP contribution in [0.2, 0.25) is 18.1 Å². The summed E-state index contributed by atoms with van der Waals surface area (Å²) in [6.07, 6.45) is 0. The molecule has 0 saturated heterocycles. The first-order valence-electron chi connectivity index (χ1n) is 5.74. The second kappa shape index (κ2) is 4.74. The van der Waals surface area contributed by atoms with Crippen molar-refractivity contribution >= 4 is 39.1 Å². The summed E-state index contributed by atoms with van der Waals surface area (Å²) in [6.45, 7) is 11.0. The summed E-state index contributed by atoms with van der Waals surface area (Å²) in [5.74, 6) is 0. The maximum absolute atomic E-state index is 12.0. The highest BCUT2D eigenvalue weighted by molar-refractivity contribution is 9.10. The number of nitrogens with two attached hydrogens (primary N) is 1. The molecule has 0 spiro atoms. The Morgan fingerprint density at radius 2 is 1.83 bits per heavy atom. The molecule has 0 bridgehead atoms. The second-order valence-electron chi connectivity index (χ2n) is 6.09. The topological polar surface area (TPSA) is 66.9 Å². The van der Waals surface area contributed by atoms with Crippen molar-refractivity contribution in [2.75, 3.05) is 0 Å². The van der Waals surface area contributed by atoms with Crippen molar-refractivity contribution < 1.29 is 4.21 Å². The van der Waals surface area contributed by atoms with E-state index in [1.807, 2.05) is 6.07 Å². The Hall–Kier alpha value is -0.173. The van der Waals surface area contributed by atoms with Crippen molar-refractivity contribution in [2.45, 2.75) is 43.8 Å². The van der Waals surface area contributed by atoms with Gasteiger partial charge in [0.1, 0.15) is 9.92 Å². The van der Waals surface area contributed by atoms with E-state index in [0.717, 1.165) is 9.66 Å². The zero-order valence-corrected chi connectivity index (χ0v) is 14.9. The molecular formula is C12H21BrN2OSSi. The van der Waals surface area contributed by atoms with E-state index >= 15 is 0 Å². The van der Waals surface area contributed by atoms with Crippen molar-refractivity contribution in [1.82, 2.24) is 0 Å². The van der Waals surface area contributed by atoms with Gasteiger partial charge in [-0.2, -0.15) is 0 Å². The summed E-state index contributed by atoms with van der Waals surface area (Å²) < 4.78 is 20.6. The summed E-state index contributed by atoms with van der Waals surface area (Å²) in [5, 5.41) is 6.66. The van der Waals surface area contributed by atoms with Crippen LogP contribution in [0.5, 0.6) is 0 Å². The third-order valence-corrected chi connectivity index (χ3v) is 11.5. The number of hydrogen-bond acceptors (Lipinski definition) is 2. The lowest BCUT2D eigenvalue weighted by Crippen LogP contribution is -2.52.